The van der Waals surface area contributed by atoms with Gasteiger partial charge >= 0.3 is 0 Å². The summed E-state index contributed by atoms with van der Waals surface area (Å²) in [6.07, 6.45) is 3.23. The predicted molar refractivity (Wildman–Crippen MR) is 75.8 cm³/mol. The largest absolute Gasteiger partial charge is 0.441 e. The van der Waals surface area contributed by atoms with Crippen LogP contribution >= 0.6 is 12.2 Å². The second kappa shape index (κ2) is 4.57. The summed E-state index contributed by atoms with van der Waals surface area (Å²) in [4.78, 5) is 4.40. The first kappa shape index (κ1) is 11.5. The van der Waals surface area contributed by atoms with Gasteiger partial charge in [-0.2, -0.15) is 0 Å². The van der Waals surface area contributed by atoms with Gasteiger partial charge in [0.25, 0.3) is 0 Å². The number of nitrogens with one attached hydrogen (secondary N) is 2. The molecule has 1 aromatic carbocycles. The van der Waals surface area contributed by atoms with E-state index in [9.17, 15) is 0 Å². The molecule has 1 aliphatic carbocycles. The number of thiocarbonyl (C=S) groups is 1. The van der Waals surface area contributed by atoms with Crippen molar-refractivity contribution >= 4 is 34.1 Å². The van der Waals surface area contributed by atoms with Crippen LogP contribution in [0, 0.1) is 0 Å². The van der Waals surface area contributed by atoms with E-state index in [-0.39, 0.29) is 0 Å². The third kappa shape index (κ3) is 2.46. The summed E-state index contributed by atoms with van der Waals surface area (Å²) >= 11 is 5.24. The highest BCUT2D eigenvalue weighted by atomic mass is 32.1. The van der Waals surface area contributed by atoms with Gasteiger partial charge in [-0.05, 0) is 43.3 Å². The van der Waals surface area contributed by atoms with Crippen molar-refractivity contribution in [1.29, 1.82) is 0 Å². The highest BCUT2D eigenvalue weighted by Crippen LogP contribution is 2.21. The third-order valence-corrected chi connectivity index (χ3v) is 3.12. The standard InChI is InChI=1S/C13H15N3OS/c1-2-12-16-10-7-9(5-6-11(10)17-12)15-13(18)14-8-3-4-8/h5-8H,2-4H2,1H3,(H2,14,15,18). The maximum absolute atomic E-state index is 5.56. The predicted octanol–water partition coefficient (Wildman–Crippen LogP) is 2.84. The Kier molecular flexibility index (Phi) is 2.91. The fourth-order valence-electron chi connectivity index (χ4n) is 1.78. The molecule has 0 saturated heterocycles. The van der Waals surface area contributed by atoms with Crippen molar-refractivity contribution in [3.05, 3.63) is 24.1 Å². The molecule has 5 heteroatoms. The molecule has 1 fully saturated rings. The van der Waals surface area contributed by atoms with Crippen molar-refractivity contribution < 1.29 is 4.42 Å². The Balaban J connectivity index is 1.76. The minimum absolute atomic E-state index is 0.562. The first-order chi connectivity index (χ1) is 8.74. The van der Waals surface area contributed by atoms with Gasteiger partial charge in [0.1, 0.15) is 5.52 Å². The molecule has 1 heterocycles. The molecule has 0 amide bonds. The second-order valence-electron chi connectivity index (χ2n) is 4.52. The number of aromatic nitrogens is 1. The van der Waals surface area contributed by atoms with Crippen LogP contribution in [-0.2, 0) is 6.42 Å². The van der Waals surface area contributed by atoms with Crippen LogP contribution in [0.3, 0.4) is 0 Å². The Morgan fingerprint density at radius 3 is 3.06 bits per heavy atom. The molecule has 3 rings (SSSR count). The van der Waals surface area contributed by atoms with Gasteiger partial charge in [0.15, 0.2) is 16.6 Å². The molecule has 4 nitrogen and oxygen atoms in total. The van der Waals surface area contributed by atoms with Gasteiger partial charge in [0.05, 0.1) is 0 Å². The molecule has 0 radical (unpaired) electrons. The van der Waals surface area contributed by atoms with Crippen molar-refractivity contribution in [2.24, 2.45) is 0 Å². The Morgan fingerprint density at radius 2 is 2.33 bits per heavy atom. The van der Waals surface area contributed by atoms with Crippen LogP contribution in [-0.4, -0.2) is 16.1 Å². The summed E-state index contributed by atoms with van der Waals surface area (Å²) in [5, 5.41) is 7.09. The molecule has 0 bridgehead atoms. The number of rotatable bonds is 3. The first-order valence-corrected chi connectivity index (χ1v) is 6.62. The van der Waals surface area contributed by atoms with Crippen LogP contribution in [0.15, 0.2) is 22.6 Å². The van der Waals surface area contributed by atoms with Crippen LogP contribution in [0.5, 0.6) is 0 Å². The van der Waals surface area contributed by atoms with E-state index in [1.165, 1.54) is 12.8 Å². The average molecular weight is 261 g/mol. The Labute approximate surface area is 111 Å². The maximum Gasteiger partial charge on any atom is 0.195 e. The van der Waals surface area contributed by atoms with Crippen LogP contribution in [0.4, 0.5) is 5.69 Å². The molecule has 1 saturated carbocycles. The highest BCUT2D eigenvalue weighted by molar-refractivity contribution is 7.80. The number of anilines is 1. The molecular weight excluding hydrogens is 246 g/mol. The lowest BCUT2D eigenvalue weighted by atomic mass is 10.3. The summed E-state index contributed by atoms with van der Waals surface area (Å²) < 4.78 is 5.56. The molecule has 0 aliphatic heterocycles. The molecular formula is C13H15N3OS. The lowest BCUT2D eigenvalue weighted by Crippen LogP contribution is -2.30. The molecule has 1 aromatic heterocycles. The molecule has 18 heavy (non-hydrogen) atoms. The number of aryl methyl sites for hydroxylation is 1. The van der Waals surface area contributed by atoms with Crippen molar-refractivity contribution in [1.82, 2.24) is 10.3 Å². The number of fused-ring (bicyclic) bond motifs is 1. The molecule has 2 N–H and O–H groups in total. The van der Waals surface area contributed by atoms with Crippen molar-refractivity contribution in [3.63, 3.8) is 0 Å². The highest BCUT2D eigenvalue weighted by Gasteiger charge is 2.21. The fraction of sp³-hybridized carbons (Fsp3) is 0.385. The van der Waals surface area contributed by atoms with E-state index in [0.29, 0.717) is 11.2 Å². The molecule has 0 atom stereocenters. The monoisotopic (exact) mass is 261 g/mol. The van der Waals surface area contributed by atoms with Gasteiger partial charge in [-0.25, -0.2) is 4.98 Å². The Morgan fingerprint density at radius 1 is 1.50 bits per heavy atom. The van der Waals surface area contributed by atoms with Crippen molar-refractivity contribution in [3.8, 4) is 0 Å². The smallest absolute Gasteiger partial charge is 0.195 e. The van der Waals surface area contributed by atoms with E-state index in [0.717, 1.165) is 29.1 Å². The second-order valence-corrected chi connectivity index (χ2v) is 4.92. The molecule has 0 unspecified atom stereocenters. The minimum atomic E-state index is 0.562. The number of nitrogens with zero attached hydrogens (tertiary/aromatic N) is 1. The van der Waals surface area contributed by atoms with E-state index in [2.05, 4.69) is 15.6 Å². The van der Waals surface area contributed by atoms with Crippen molar-refractivity contribution in [2.45, 2.75) is 32.2 Å². The van der Waals surface area contributed by atoms with Gasteiger partial charge in [0.2, 0.25) is 0 Å². The SMILES string of the molecule is CCc1nc2cc(NC(=S)NC3CC3)ccc2o1. The van der Waals surface area contributed by atoms with Crippen LogP contribution in [0.1, 0.15) is 25.7 Å². The first-order valence-electron chi connectivity index (χ1n) is 6.21. The van der Waals surface area contributed by atoms with Crippen LogP contribution in [0.25, 0.3) is 11.1 Å². The minimum Gasteiger partial charge on any atom is -0.441 e. The molecule has 1 aliphatic rings. The topological polar surface area (TPSA) is 50.1 Å². The number of hydrogen-bond acceptors (Lipinski definition) is 3. The van der Waals surface area contributed by atoms with E-state index < -0.39 is 0 Å². The van der Waals surface area contributed by atoms with Gasteiger partial charge in [-0.3, -0.25) is 0 Å². The van der Waals surface area contributed by atoms with E-state index in [4.69, 9.17) is 16.6 Å². The summed E-state index contributed by atoms with van der Waals surface area (Å²) in [5.41, 5.74) is 2.63. The number of hydrogen-bond donors (Lipinski definition) is 2. The number of benzene rings is 1. The van der Waals surface area contributed by atoms with Crippen LogP contribution in [0.2, 0.25) is 0 Å². The van der Waals surface area contributed by atoms with E-state index in [1.807, 2.05) is 25.1 Å². The van der Waals surface area contributed by atoms with Gasteiger partial charge in [0, 0.05) is 18.2 Å². The zero-order valence-electron chi connectivity index (χ0n) is 10.2. The van der Waals surface area contributed by atoms with Crippen molar-refractivity contribution in [2.75, 3.05) is 5.32 Å². The summed E-state index contributed by atoms with van der Waals surface area (Å²) in [7, 11) is 0. The summed E-state index contributed by atoms with van der Waals surface area (Å²) in [6, 6.07) is 6.39. The third-order valence-electron chi connectivity index (χ3n) is 2.90. The van der Waals surface area contributed by atoms with Gasteiger partial charge < -0.3 is 15.1 Å². The quantitative estimate of drug-likeness (QED) is 0.832. The van der Waals surface area contributed by atoms with Gasteiger partial charge in [-0.15, -0.1) is 0 Å². The normalized spacial score (nSPS) is 14.7. The summed E-state index contributed by atoms with van der Waals surface area (Å²) in [5.74, 6) is 0.765. The van der Waals surface area contributed by atoms with E-state index >= 15 is 0 Å². The lowest BCUT2D eigenvalue weighted by Gasteiger charge is -2.08. The molecule has 0 spiro atoms. The number of oxazole rings is 1. The molecule has 2 aromatic rings. The Bertz CT molecular complexity index is 589. The summed E-state index contributed by atoms with van der Waals surface area (Å²) in [6.45, 7) is 2.03. The van der Waals surface area contributed by atoms with Crippen LogP contribution < -0.4 is 10.6 Å². The Hall–Kier alpha value is -1.62. The molecule has 94 valence electrons. The zero-order valence-corrected chi connectivity index (χ0v) is 11.0. The lowest BCUT2D eigenvalue weighted by molar-refractivity contribution is 0.538. The maximum atomic E-state index is 5.56. The zero-order chi connectivity index (χ0) is 12.5. The fourth-order valence-corrected chi connectivity index (χ4v) is 2.07. The average Bonchev–Trinajstić information content (AvgIpc) is 3.06. The van der Waals surface area contributed by atoms with Gasteiger partial charge in [-0.1, -0.05) is 6.92 Å². The van der Waals surface area contributed by atoms with E-state index in [1.54, 1.807) is 0 Å².